The van der Waals surface area contributed by atoms with E-state index in [1.54, 1.807) is 23.1 Å². The minimum atomic E-state index is -0.493. The van der Waals surface area contributed by atoms with Crippen LogP contribution in [0.1, 0.15) is 61.7 Å². The van der Waals surface area contributed by atoms with E-state index in [-0.39, 0.29) is 16.9 Å². The van der Waals surface area contributed by atoms with Crippen molar-refractivity contribution >= 4 is 12.1 Å². The highest BCUT2D eigenvalue weighted by Crippen LogP contribution is 2.38. The lowest BCUT2D eigenvalue weighted by atomic mass is 9.84. The van der Waals surface area contributed by atoms with Gasteiger partial charge in [-0.1, -0.05) is 44.5 Å². The molecular formula is C24H31NO4. The van der Waals surface area contributed by atoms with Crippen molar-refractivity contribution in [2.45, 2.75) is 53.9 Å². The van der Waals surface area contributed by atoms with Gasteiger partial charge in [0.05, 0.1) is 5.56 Å². The van der Waals surface area contributed by atoms with E-state index >= 15 is 0 Å². The molecule has 0 atom stereocenters. The molecule has 5 nitrogen and oxygen atoms in total. The molecule has 0 fully saturated rings. The van der Waals surface area contributed by atoms with Crippen molar-refractivity contribution in [3.05, 3.63) is 58.7 Å². The third kappa shape index (κ3) is 5.37. The quantitative estimate of drug-likeness (QED) is 0.482. The molecule has 0 spiro atoms. The minimum absolute atomic E-state index is 0.153. The van der Waals surface area contributed by atoms with Gasteiger partial charge in [0.2, 0.25) is 0 Å². The molecule has 0 saturated carbocycles. The Morgan fingerprint density at radius 1 is 0.897 bits per heavy atom. The van der Waals surface area contributed by atoms with Crippen LogP contribution in [0.5, 0.6) is 11.5 Å². The Hall–Kier alpha value is -2.82. The van der Waals surface area contributed by atoms with Gasteiger partial charge >= 0.3 is 12.1 Å². The van der Waals surface area contributed by atoms with E-state index in [2.05, 4.69) is 20.8 Å². The second-order valence-corrected chi connectivity index (χ2v) is 8.11. The van der Waals surface area contributed by atoms with Crippen LogP contribution >= 0.6 is 0 Å². The first-order chi connectivity index (χ1) is 13.6. The summed E-state index contributed by atoms with van der Waals surface area (Å²) in [7, 11) is 0. The summed E-state index contributed by atoms with van der Waals surface area (Å²) >= 11 is 0. The van der Waals surface area contributed by atoms with E-state index in [4.69, 9.17) is 9.47 Å². The van der Waals surface area contributed by atoms with Crippen molar-refractivity contribution in [3.63, 3.8) is 0 Å². The number of ether oxygens (including phenoxy) is 2. The number of benzene rings is 2. The van der Waals surface area contributed by atoms with Gasteiger partial charge in [0.15, 0.2) is 11.5 Å². The number of hydrogen-bond acceptors (Lipinski definition) is 4. The molecule has 0 N–H and O–H groups in total. The number of rotatable bonds is 5. The molecule has 2 rings (SSSR count). The van der Waals surface area contributed by atoms with Crippen molar-refractivity contribution in [2.75, 3.05) is 13.1 Å². The Morgan fingerprint density at radius 3 is 2.00 bits per heavy atom. The fourth-order valence-electron chi connectivity index (χ4n) is 3.17. The average molecular weight is 398 g/mol. The Kier molecular flexibility index (Phi) is 7.07. The van der Waals surface area contributed by atoms with E-state index in [0.717, 1.165) is 16.7 Å². The molecule has 0 unspecified atom stereocenters. The summed E-state index contributed by atoms with van der Waals surface area (Å²) in [5.41, 5.74) is 3.15. The summed E-state index contributed by atoms with van der Waals surface area (Å²) in [6, 6.07) is 10.8. The van der Waals surface area contributed by atoms with E-state index < -0.39 is 12.1 Å². The Morgan fingerprint density at radius 2 is 1.48 bits per heavy atom. The maximum Gasteiger partial charge on any atom is 0.415 e. The van der Waals surface area contributed by atoms with Gasteiger partial charge in [-0.25, -0.2) is 9.59 Å². The zero-order valence-corrected chi connectivity index (χ0v) is 18.5. The summed E-state index contributed by atoms with van der Waals surface area (Å²) in [5.74, 6) is 0.0319. The van der Waals surface area contributed by atoms with Crippen LogP contribution in [0.3, 0.4) is 0 Å². The topological polar surface area (TPSA) is 55.8 Å². The molecule has 0 heterocycles. The van der Waals surface area contributed by atoms with Crippen molar-refractivity contribution in [2.24, 2.45) is 0 Å². The molecule has 0 aliphatic rings. The number of nitrogens with zero attached hydrogens (tertiary/aromatic N) is 1. The lowest BCUT2D eigenvalue weighted by molar-refractivity contribution is 0.0727. The van der Waals surface area contributed by atoms with E-state index in [9.17, 15) is 9.59 Å². The second kappa shape index (κ2) is 9.12. The highest BCUT2D eigenvalue weighted by atomic mass is 16.6. The van der Waals surface area contributed by atoms with Crippen molar-refractivity contribution < 1.29 is 19.1 Å². The van der Waals surface area contributed by atoms with Crippen LogP contribution in [-0.4, -0.2) is 30.1 Å². The molecule has 5 heteroatoms. The standard InChI is InChI=1S/C24H31NO4/c1-8-25(9-2)23(27)29-21-17(4)19(24(5,6)7)14-15-20(21)28-22(26)18-12-10-16(3)11-13-18/h10-15H,8-9H2,1-7H3. The number of amides is 1. The molecule has 29 heavy (non-hydrogen) atoms. The molecule has 0 aromatic heterocycles. The average Bonchev–Trinajstić information content (AvgIpc) is 2.65. The van der Waals surface area contributed by atoms with Gasteiger partial charge in [0.1, 0.15) is 0 Å². The summed E-state index contributed by atoms with van der Waals surface area (Å²) < 4.78 is 11.4. The summed E-state index contributed by atoms with van der Waals surface area (Å²) in [6.07, 6.45) is -0.461. The summed E-state index contributed by atoms with van der Waals surface area (Å²) in [6.45, 7) is 14.9. The smallest absolute Gasteiger partial charge is 0.415 e. The minimum Gasteiger partial charge on any atom is -0.419 e. The number of carbonyl (C=O) groups excluding carboxylic acids is 2. The monoisotopic (exact) mass is 397 g/mol. The second-order valence-electron chi connectivity index (χ2n) is 8.11. The van der Waals surface area contributed by atoms with Crippen molar-refractivity contribution in [3.8, 4) is 11.5 Å². The number of carbonyl (C=O) groups is 2. The first-order valence-electron chi connectivity index (χ1n) is 9.98. The van der Waals surface area contributed by atoms with Crippen LogP contribution in [0.2, 0.25) is 0 Å². The lowest BCUT2D eigenvalue weighted by Gasteiger charge is -2.25. The predicted octanol–water partition coefficient (Wildman–Crippen LogP) is 5.66. The first-order valence-corrected chi connectivity index (χ1v) is 9.98. The van der Waals surface area contributed by atoms with E-state index in [0.29, 0.717) is 18.7 Å². The highest BCUT2D eigenvalue weighted by Gasteiger charge is 2.25. The molecule has 156 valence electrons. The summed E-state index contributed by atoms with van der Waals surface area (Å²) in [5, 5.41) is 0. The van der Waals surface area contributed by atoms with Crippen molar-refractivity contribution in [1.29, 1.82) is 0 Å². The van der Waals surface area contributed by atoms with Gasteiger partial charge in [-0.05, 0) is 62.4 Å². The maximum absolute atomic E-state index is 12.6. The van der Waals surface area contributed by atoms with Crippen LogP contribution in [0.4, 0.5) is 4.79 Å². The number of esters is 1. The Balaban J connectivity index is 2.44. The highest BCUT2D eigenvalue weighted by molar-refractivity contribution is 5.91. The van der Waals surface area contributed by atoms with E-state index in [1.165, 1.54) is 0 Å². The Labute approximate surface area is 173 Å². The van der Waals surface area contributed by atoms with Gasteiger partial charge in [-0.3, -0.25) is 0 Å². The maximum atomic E-state index is 12.6. The van der Waals surface area contributed by atoms with Gasteiger partial charge in [0, 0.05) is 13.1 Å². The van der Waals surface area contributed by atoms with Crippen LogP contribution in [0.15, 0.2) is 36.4 Å². The lowest BCUT2D eigenvalue weighted by Crippen LogP contribution is -2.33. The predicted molar refractivity (Wildman–Crippen MR) is 115 cm³/mol. The molecule has 0 aliphatic heterocycles. The molecule has 0 aliphatic carbocycles. The van der Waals surface area contributed by atoms with Crippen molar-refractivity contribution in [1.82, 2.24) is 4.90 Å². The van der Waals surface area contributed by atoms with Crippen LogP contribution < -0.4 is 9.47 Å². The third-order valence-corrected chi connectivity index (χ3v) is 4.88. The van der Waals surface area contributed by atoms with Crippen LogP contribution in [0, 0.1) is 13.8 Å². The van der Waals surface area contributed by atoms with Gasteiger partial charge in [-0.15, -0.1) is 0 Å². The molecular weight excluding hydrogens is 366 g/mol. The fourth-order valence-corrected chi connectivity index (χ4v) is 3.17. The molecule has 0 radical (unpaired) electrons. The zero-order valence-electron chi connectivity index (χ0n) is 18.5. The third-order valence-electron chi connectivity index (χ3n) is 4.88. The molecule has 1 amide bonds. The molecule has 2 aromatic carbocycles. The van der Waals surface area contributed by atoms with Gasteiger partial charge in [0.25, 0.3) is 0 Å². The first kappa shape index (κ1) is 22.5. The van der Waals surface area contributed by atoms with Crippen LogP contribution in [0.25, 0.3) is 0 Å². The normalized spacial score (nSPS) is 11.1. The zero-order chi connectivity index (χ0) is 21.8. The molecule has 2 aromatic rings. The van der Waals surface area contributed by atoms with Gasteiger partial charge < -0.3 is 14.4 Å². The number of aryl methyl sites for hydroxylation is 1. The van der Waals surface area contributed by atoms with E-state index in [1.807, 2.05) is 45.9 Å². The fraction of sp³-hybridized carbons (Fsp3) is 0.417. The molecule has 0 saturated heterocycles. The summed E-state index contributed by atoms with van der Waals surface area (Å²) in [4.78, 5) is 26.8. The Bertz CT molecular complexity index is 875. The number of hydrogen-bond donors (Lipinski definition) is 0. The van der Waals surface area contributed by atoms with Crippen LogP contribution in [-0.2, 0) is 5.41 Å². The largest absolute Gasteiger partial charge is 0.419 e. The molecule has 0 bridgehead atoms. The van der Waals surface area contributed by atoms with Gasteiger partial charge in [-0.2, -0.15) is 0 Å². The SMILES string of the molecule is CCN(CC)C(=O)Oc1c(OC(=O)c2ccc(C)cc2)ccc(C(C)(C)C)c1C.